The van der Waals surface area contributed by atoms with E-state index in [4.69, 9.17) is 0 Å². The van der Waals surface area contributed by atoms with E-state index in [0.717, 1.165) is 12.0 Å². The molecule has 2 rings (SSSR count). The van der Waals surface area contributed by atoms with E-state index in [9.17, 15) is 0 Å². The fourth-order valence-corrected chi connectivity index (χ4v) is 2.99. The first-order chi connectivity index (χ1) is 6.18. The van der Waals surface area contributed by atoms with Crippen molar-refractivity contribution < 1.29 is 0 Å². The van der Waals surface area contributed by atoms with E-state index in [-0.39, 0.29) is 0 Å². The second-order valence-corrected chi connectivity index (χ2v) is 6.20. The number of thioether (sulfide) groups is 1. The van der Waals surface area contributed by atoms with Crippen LogP contribution in [-0.4, -0.2) is 23.1 Å². The summed E-state index contributed by atoms with van der Waals surface area (Å²) >= 11 is 2.07. The Hall–Kier alpha value is 0.310. The van der Waals surface area contributed by atoms with Crippen molar-refractivity contribution in [2.45, 2.75) is 51.1 Å². The Balaban J connectivity index is 1.81. The topological polar surface area (TPSA) is 12.0 Å². The molecule has 1 heterocycles. The minimum absolute atomic E-state index is 0.470. The molecule has 1 nitrogen and oxygen atoms in total. The molecule has 0 radical (unpaired) electrons. The van der Waals surface area contributed by atoms with Gasteiger partial charge in [0.1, 0.15) is 0 Å². The lowest BCUT2D eigenvalue weighted by molar-refractivity contribution is 0.201. The summed E-state index contributed by atoms with van der Waals surface area (Å²) in [6.45, 7) is 4.81. The number of hydrogen-bond donors (Lipinski definition) is 1. The third kappa shape index (κ3) is 2.41. The third-order valence-electron chi connectivity index (χ3n) is 3.57. The van der Waals surface area contributed by atoms with Crippen LogP contribution in [0.3, 0.4) is 0 Å². The molecule has 13 heavy (non-hydrogen) atoms. The average molecular weight is 199 g/mol. The van der Waals surface area contributed by atoms with E-state index in [1.165, 1.54) is 37.2 Å². The largest absolute Gasteiger partial charge is 0.307 e. The molecule has 1 N–H and O–H groups in total. The average Bonchev–Trinajstić information content (AvgIpc) is 2.05. The normalized spacial score (nSPS) is 41.5. The minimum Gasteiger partial charge on any atom is -0.307 e. The Labute approximate surface area is 86.0 Å². The van der Waals surface area contributed by atoms with Gasteiger partial charge in [0.05, 0.1) is 0 Å². The lowest BCUT2D eigenvalue weighted by Gasteiger charge is -2.42. The molecule has 2 fully saturated rings. The van der Waals surface area contributed by atoms with Crippen molar-refractivity contribution in [1.82, 2.24) is 5.32 Å². The smallest absolute Gasteiger partial charge is 0.0253 e. The molecular formula is C11H21NS. The molecule has 0 spiro atoms. The van der Waals surface area contributed by atoms with Crippen LogP contribution in [0.25, 0.3) is 0 Å². The maximum Gasteiger partial charge on any atom is 0.0253 e. The molecule has 0 unspecified atom stereocenters. The standard InChI is InChI=1S/C11H21NS/c1-9-3-5-11(2,6-4-9)12-10-7-13-8-10/h9-10,12H,3-8H2,1-2H3. The van der Waals surface area contributed by atoms with Crippen molar-refractivity contribution in [3.05, 3.63) is 0 Å². The van der Waals surface area contributed by atoms with Gasteiger partial charge in [-0.25, -0.2) is 0 Å². The maximum absolute atomic E-state index is 3.83. The van der Waals surface area contributed by atoms with Gasteiger partial charge >= 0.3 is 0 Å². The van der Waals surface area contributed by atoms with Crippen LogP contribution in [-0.2, 0) is 0 Å². The van der Waals surface area contributed by atoms with E-state index >= 15 is 0 Å². The highest BCUT2D eigenvalue weighted by atomic mass is 32.2. The van der Waals surface area contributed by atoms with Crippen molar-refractivity contribution in [1.29, 1.82) is 0 Å². The van der Waals surface area contributed by atoms with E-state index in [1.54, 1.807) is 0 Å². The fourth-order valence-electron chi connectivity index (χ4n) is 2.36. The Morgan fingerprint density at radius 2 is 1.85 bits per heavy atom. The van der Waals surface area contributed by atoms with Crippen LogP contribution in [0.2, 0.25) is 0 Å². The SMILES string of the molecule is CC1CCC(C)(NC2CSC2)CC1. The van der Waals surface area contributed by atoms with Gasteiger partial charge in [-0.3, -0.25) is 0 Å². The van der Waals surface area contributed by atoms with Crippen molar-refractivity contribution >= 4 is 11.8 Å². The van der Waals surface area contributed by atoms with Gasteiger partial charge in [0.15, 0.2) is 0 Å². The van der Waals surface area contributed by atoms with Gasteiger partial charge in [-0.05, 0) is 38.5 Å². The molecule has 1 aliphatic carbocycles. The minimum atomic E-state index is 0.470. The molecular weight excluding hydrogens is 178 g/mol. The zero-order chi connectivity index (χ0) is 9.31. The first kappa shape index (κ1) is 9.85. The van der Waals surface area contributed by atoms with Gasteiger partial charge in [-0.15, -0.1) is 0 Å². The van der Waals surface area contributed by atoms with Crippen LogP contribution >= 0.6 is 11.8 Å². The summed E-state index contributed by atoms with van der Waals surface area (Å²) in [5.41, 5.74) is 0.470. The van der Waals surface area contributed by atoms with Gasteiger partial charge in [0.2, 0.25) is 0 Å². The highest BCUT2D eigenvalue weighted by Crippen LogP contribution is 2.33. The van der Waals surface area contributed by atoms with Crippen LogP contribution < -0.4 is 5.32 Å². The third-order valence-corrected chi connectivity index (χ3v) is 4.84. The first-order valence-corrected chi connectivity index (χ1v) is 6.69. The van der Waals surface area contributed by atoms with Crippen LogP contribution in [0.4, 0.5) is 0 Å². The van der Waals surface area contributed by atoms with Crippen molar-refractivity contribution in [3.63, 3.8) is 0 Å². The van der Waals surface area contributed by atoms with Gasteiger partial charge in [-0.2, -0.15) is 11.8 Å². The summed E-state index contributed by atoms with van der Waals surface area (Å²) in [6.07, 6.45) is 5.61. The Morgan fingerprint density at radius 1 is 1.23 bits per heavy atom. The first-order valence-electron chi connectivity index (χ1n) is 5.53. The van der Waals surface area contributed by atoms with E-state index in [2.05, 4.69) is 30.9 Å². The summed E-state index contributed by atoms with van der Waals surface area (Å²) in [6, 6.07) is 0.823. The zero-order valence-corrected chi connectivity index (χ0v) is 9.62. The monoisotopic (exact) mass is 199 g/mol. The zero-order valence-electron chi connectivity index (χ0n) is 8.81. The fraction of sp³-hybridized carbons (Fsp3) is 1.00. The molecule has 1 aliphatic heterocycles. The second-order valence-electron chi connectivity index (χ2n) is 5.12. The highest BCUT2D eigenvalue weighted by molar-refractivity contribution is 8.00. The lowest BCUT2D eigenvalue weighted by Crippen LogP contribution is -2.54. The van der Waals surface area contributed by atoms with Gasteiger partial charge in [0.25, 0.3) is 0 Å². The van der Waals surface area contributed by atoms with Gasteiger partial charge < -0.3 is 5.32 Å². The molecule has 2 heteroatoms. The lowest BCUT2D eigenvalue weighted by atomic mass is 9.78. The summed E-state index contributed by atoms with van der Waals surface area (Å²) < 4.78 is 0. The van der Waals surface area contributed by atoms with Crippen LogP contribution in [0.5, 0.6) is 0 Å². The molecule has 0 atom stereocenters. The van der Waals surface area contributed by atoms with Crippen LogP contribution in [0.1, 0.15) is 39.5 Å². The van der Waals surface area contributed by atoms with Gasteiger partial charge in [-0.1, -0.05) is 6.92 Å². The van der Waals surface area contributed by atoms with Crippen LogP contribution in [0.15, 0.2) is 0 Å². The maximum atomic E-state index is 3.83. The number of hydrogen-bond acceptors (Lipinski definition) is 2. The van der Waals surface area contributed by atoms with E-state index < -0.39 is 0 Å². The van der Waals surface area contributed by atoms with Crippen molar-refractivity contribution in [2.75, 3.05) is 11.5 Å². The summed E-state index contributed by atoms with van der Waals surface area (Å²) in [5.74, 6) is 3.64. The van der Waals surface area contributed by atoms with E-state index in [0.29, 0.717) is 5.54 Å². The summed E-state index contributed by atoms with van der Waals surface area (Å²) in [7, 11) is 0. The molecule has 0 bridgehead atoms. The summed E-state index contributed by atoms with van der Waals surface area (Å²) in [5, 5.41) is 3.83. The quantitative estimate of drug-likeness (QED) is 0.734. The predicted molar refractivity (Wildman–Crippen MR) is 60.3 cm³/mol. The Kier molecular flexibility index (Phi) is 2.89. The predicted octanol–water partition coefficient (Wildman–Crippen LogP) is 2.66. The number of rotatable bonds is 2. The van der Waals surface area contributed by atoms with E-state index in [1.807, 2.05) is 0 Å². The molecule has 0 amide bonds. The molecule has 1 saturated heterocycles. The molecule has 2 aliphatic rings. The molecule has 76 valence electrons. The van der Waals surface area contributed by atoms with Crippen molar-refractivity contribution in [3.8, 4) is 0 Å². The van der Waals surface area contributed by atoms with Crippen molar-refractivity contribution in [2.24, 2.45) is 5.92 Å². The molecule has 0 aromatic carbocycles. The molecule has 0 aromatic heterocycles. The van der Waals surface area contributed by atoms with Crippen LogP contribution in [0, 0.1) is 5.92 Å². The van der Waals surface area contributed by atoms with Gasteiger partial charge in [0, 0.05) is 23.1 Å². The Bertz CT molecular complexity index is 169. The molecule has 0 aromatic rings. The number of nitrogens with one attached hydrogen (secondary N) is 1. The highest BCUT2D eigenvalue weighted by Gasteiger charge is 2.33. The Morgan fingerprint density at radius 3 is 2.31 bits per heavy atom. The second kappa shape index (κ2) is 3.82. The molecule has 1 saturated carbocycles. The summed E-state index contributed by atoms with van der Waals surface area (Å²) in [4.78, 5) is 0.